The fourth-order valence-electron chi connectivity index (χ4n) is 2.41. The lowest BCUT2D eigenvalue weighted by molar-refractivity contribution is -0.134. The first-order chi connectivity index (χ1) is 7.60. The summed E-state index contributed by atoms with van der Waals surface area (Å²) in [5.74, 6) is -0.00599. The third-order valence-electron chi connectivity index (χ3n) is 3.38. The van der Waals surface area contributed by atoms with Crippen LogP contribution in [0, 0.1) is 0 Å². The maximum Gasteiger partial charge on any atom is 0.244 e. The van der Waals surface area contributed by atoms with Gasteiger partial charge in [0.2, 0.25) is 5.91 Å². The summed E-state index contributed by atoms with van der Waals surface area (Å²) in [5, 5.41) is 3.23. The van der Waals surface area contributed by atoms with Gasteiger partial charge in [0.25, 0.3) is 0 Å². The van der Waals surface area contributed by atoms with Crippen molar-refractivity contribution in [1.82, 2.24) is 10.2 Å². The molecular weight excluding hydrogens is 240 g/mol. The van der Waals surface area contributed by atoms with Crippen LogP contribution in [-0.4, -0.2) is 49.0 Å². The van der Waals surface area contributed by atoms with Crippen LogP contribution < -0.4 is 5.32 Å². The minimum absolute atomic E-state index is 0.00452. The van der Waals surface area contributed by atoms with Gasteiger partial charge in [0.1, 0.15) is 9.84 Å². The van der Waals surface area contributed by atoms with Gasteiger partial charge in [0, 0.05) is 12.3 Å². The van der Waals surface area contributed by atoms with Crippen molar-refractivity contribution in [2.24, 2.45) is 0 Å². The molecule has 1 N–H and O–H groups in total. The zero-order valence-electron chi connectivity index (χ0n) is 11.1. The van der Waals surface area contributed by atoms with E-state index in [9.17, 15) is 13.2 Å². The highest BCUT2D eigenvalue weighted by Gasteiger charge is 2.46. The number of carbonyl (C=O) groups is 1. The quantitative estimate of drug-likeness (QED) is 0.795. The molecule has 1 fully saturated rings. The predicted molar refractivity (Wildman–Crippen MR) is 67.3 cm³/mol. The molecule has 1 heterocycles. The Morgan fingerprint density at radius 1 is 1.53 bits per heavy atom. The summed E-state index contributed by atoms with van der Waals surface area (Å²) >= 11 is 0. The van der Waals surface area contributed by atoms with Crippen LogP contribution >= 0.6 is 0 Å². The average molecular weight is 262 g/mol. The SMILES string of the molecule is CCC1(C)NC(C)N(C(C)CS(C)(=O)=O)C1=O. The number of hydrogen-bond donors (Lipinski definition) is 1. The fraction of sp³-hybridized carbons (Fsp3) is 0.909. The van der Waals surface area contributed by atoms with Crippen LogP contribution in [0.25, 0.3) is 0 Å². The Labute approximate surface area is 103 Å². The molecule has 1 saturated heterocycles. The highest BCUT2D eigenvalue weighted by molar-refractivity contribution is 7.90. The molecule has 0 aromatic heterocycles. The van der Waals surface area contributed by atoms with Crippen LogP contribution in [0.2, 0.25) is 0 Å². The van der Waals surface area contributed by atoms with Gasteiger partial charge in [0.05, 0.1) is 17.5 Å². The molecular formula is C11H22N2O3S. The summed E-state index contributed by atoms with van der Waals surface area (Å²) in [6.45, 7) is 7.47. The van der Waals surface area contributed by atoms with Crippen LogP contribution in [0.5, 0.6) is 0 Å². The number of amides is 1. The molecule has 100 valence electrons. The molecule has 1 aliphatic rings. The zero-order chi connectivity index (χ0) is 13.4. The molecule has 6 heteroatoms. The average Bonchev–Trinajstić information content (AvgIpc) is 2.35. The van der Waals surface area contributed by atoms with Gasteiger partial charge in [-0.25, -0.2) is 8.42 Å². The Kier molecular flexibility index (Phi) is 3.88. The number of sulfone groups is 1. The van der Waals surface area contributed by atoms with E-state index in [-0.39, 0.29) is 23.9 Å². The second kappa shape index (κ2) is 4.57. The topological polar surface area (TPSA) is 66.5 Å². The van der Waals surface area contributed by atoms with Crippen molar-refractivity contribution in [3.05, 3.63) is 0 Å². The first-order valence-corrected chi connectivity index (χ1v) is 7.95. The van der Waals surface area contributed by atoms with E-state index in [1.807, 2.05) is 20.8 Å². The van der Waals surface area contributed by atoms with Gasteiger partial charge in [0.15, 0.2) is 0 Å². The molecule has 0 aromatic rings. The molecule has 3 unspecified atom stereocenters. The Morgan fingerprint density at radius 3 is 2.41 bits per heavy atom. The van der Waals surface area contributed by atoms with Crippen LogP contribution in [-0.2, 0) is 14.6 Å². The molecule has 0 spiro atoms. The monoisotopic (exact) mass is 262 g/mol. The summed E-state index contributed by atoms with van der Waals surface area (Å²) in [6.07, 6.45) is 1.77. The van der Waals surface area contributed by atoms with Crippen molar-refractivity contribution < 1.29 is 13.2 Å². The van der Waals surface area contributed by atoms with Crippen molar-refractivity contribution in [3.8, 4) is 0 Å². The highest BCUT2D eigenvalue weighted by atomic mass is 32.2. The van der Waals surface area contributed by atoms with E-state index in [1.165, 1.54) is 6.26 Å². The molecule has 0 aromatic carbocycles. The Bertz CT molecular complexity index is 407. The van der Waals surface area contributed by atoms with Gasteiger partial charge in [-0.05, 0) is 27.2 Å². The Balaban J connectivity index is 2.89. The van der Waals surface area contributed by atoms with Gasteiger partial charge in [-0.1, -0.05) is 6.92 Å². The third-order valence-corrected chi connectivity index (χ3v) is 4.47. The molecule has 0 saturated carbocycles. The van der Waals surface area contributed by atoms with Crippen LogP contribution in [0.3, 0.4) is 0 Å². The van der Waals surface area contributed by atoms with E-state index in [0.717, 1.165) is 0 Å². The third kappa shape index (κ3) is 2.98. The van der Waals surface area contributed by atoms with Crippen molar-refractivity contribution >= 4 is 15.7 Å². The van der Waals surface area contributed by atoms with Gasteiger partial charge < -0.3 is 4.90 Å². The van der Waals surface area contributed by atoms with E-state index >= 15 is 0 Å². The predicted octanol–water partition coefficient (Wildman–Crippen LogP) is 0.366. The lowest BCUT2D eigenvalue weighted by Gasteiger charge is -2.28. The molecule has 5 nitrogen and oxygen atoms in total. The first kappa shape index (κ1) is 14.4. The normalized spacial score (nSPS) is 31.9. The second-order valence-electron chi connectivity index (χ2n) is 5.16. The molecule has 1 aliphatic heterocycles. The maximum absolute atomic E-state index is 12.3. The van der Waals surface area contributed by atoms with Crippen LogP contribution in [0.4, 0.5) is 0 Å². The smallest absolute Gasteiger partial charge is 0.244 e. The molecule has 1 amide bonds. The fourth-order valence-corrected chi connectivity index (χ4v) is 3.44. The lowest BCUT2D eigenvalue weighted by Crippen LogP contribution is -2.46. The van der Waals surface area contributed by atoms with E-state index in [4.69, 9.17) is 0 Å². The summed E-state index contributed by atoms with van der Waals surface area (Å²) < 4.78 is 22.6. The minimum atomic E-state index is -3.07. The van der Waals surface area contributed by atoms with Crippen molar-refractivity contribution in [2.75, 3.05) is 12.0 Å². The summed E-state index contributed by atoms with van der Waals surface area (Å²) in [4.78, 5) is 13.9. The number of hydrogen-bond acceptors (Lipinski definition) is 4. The molecule has 17 heavy (non-hydrogen) atoms. The van der Waals surface area contributed by atoms with Gasteiger partial charge in [-0.2, -0.15) is 0 Å². The van der Waals surface area contributed by atoms with E-state index in [0.29, 0.717) is 6.42 Å². The Hall–Kier alpha value is -0.620. The van der Waals surface area contributed by atoms with Crippen LogP contribution in [0.15, 0.2) is 0 Å². The van der Waals surface area contributed by atoms with Gasteiger partial charge >= 0.3 is 0 Å². The van der Waals surface area contributed by atoms with Crippen molar-refractivity contribution in [2.45, 2.75) is 51.9 Å². The molecule has 3 atom stereocenters. The molecule has 1 rings (SSSR count). The Morgan fingerprint density at radius 2 is 2.06 bits per heavy atom. The molecule has 0 bridgehead atoms. The molecule has 0 radical (unpaired) electrons. The van der Waals surface area contributed by atoms with E-state index in [2.05, 4.69) is 5.32 Å². The van der Waals surface area contributed by atoms with E-state index < -0.39 is 15.4 Å². The van der Waals surface area contributed by atoms with Gasteiger partial charge in [-0.3, -0.25) is 10.1 Å². The van der Waals surface area contributed by atoms with Gasteiger partial charge in [-0.15, -0.1) is 0 Å². The second-order valence-corrected chi connectivity index (χ2v) is 7.34. The molecule has 0 aliphatic carbocycles. The number of nitrogens with one attached hydrogen (secondary N) is 1. The van der Waals surface area contributed by atoms with E-state index in [1.54, 1.807) is 11.8 Å². The van der Waals surface area contributed by atoms with Crippen LogP contribution in [0.1, 0.15) is 34.1 Å². The minimum Gasteiger partial charge on any atom is -0.322 e. The number of nitrogens with zero attached hydrogens (tertiary/aromatic N) is 1. The number of carbonyl (C=O) groups excluding carboxylic acids is 1. The summed E-state index contributed by atoms with van der Waals surface area (Å²) in [7, 11) is -3.07. The standard InChI is InChI=1S/C11H22N2O3S/c1-6-11(4)10(14)13(9(3)12-11)8(2)7-17(5,15)16/h8-9,12H,6-7H2,1-5H3. The first-order valence-electron chi connectivity index (χ1n) is 5.89. The zero-order valence-corrected chi connectivity index (χ0v) is 12.0. The highest BCUT2D eigenvalue weighted by Crippen LogP contribution is 2.25. The number of rotatable bonds is 4. The summed E-state index contributed by atoms with van der Waals surface area (Å²) in [5.41, 5.74) is -0.564. The van der Waals surface area contributed by atoms with Crippen molar-refractivity contribution in [3.63, 3.8) is 0 Å². The maximum atomic E-state index is 12.3. The summed E-state index contributed by atoms with van der Waals surface area (Å²) in [6, 6.07) is -0.298. The van der Waals surface area contributed by atoms with Crippen molar-refractivity contribution in [1.29, 1.82) is 0 Å². The lowest BCUT2D eigenvalue weighted by atomic mass is 9.99. The largest absolute Gasteiger partial charge is 0.322 e.